The highest BCUT2D eigenvalue weighted by Gasteiger charge is 2.08. The maximum atomic E-state index is 5.22. The van der Waals surface area contributed by atoms with Crippen molar-refractivity contribution in [2.75, 3.05) is 7.11 Å². The van der Waals surface area contributed by atoms with Crippen molar-refractivity contribution in [2.24, 2.45) is 0 Å². The summed E-state index contributed by atoms with van der Waals surface area (Å²) in [7, 11) is 1.63. The van der Waals surface area contributed by atoms with Crippen LogP contribution in [0.1, 0.15) is 0 Å². The van der Waals surface area contributed by atoms with E-state index < -0.39 is 0 Å². The molecule has 0 saturated carbocycles. The van der Waals surface area contributed by atoms with Gasteiger partial charge < -0.3 is 4.74 Å². The Labute approximate surface area is 89.5 Å². The van der Waals surface area contributed by atoms with Crippen LogP contribution in [0, 0.1) is 0 Å². The van der Waals surface area contributed by atoms with Crippen LogP contribution in [-0.2, 0) is 0 Å². The molecule has 1 aromatic heterocycles. The van der Waals surface area contributed by atoms with Crippen molar-refractivity contribution in [3.63, 3.8) is 0 Å². The number of ether oxygens (including phenoxy) is 1. The molecule has 2 aromatic rings. The molecule has 0 aliphatic carbocycles. The zero-order valence-corrected chi connectivity index (χ0v) is 9.08. The number of hydrogen-bond acceptors (Lipinski definition) is 3. The number of nitrogens with one attached hydrogen (secondary N) is 1. The summed E-state index contributed by atoms with van der Waals surface area (Å²) in [6.45, 7) is 0. The average Bonchev–Trinajstić information content (AvgIpc) is 2.70. The fourth-order valence-electron chi connectivity index (χ4n) is 1.20. The molecule has 1 heterocycles. The molecule has 0 radical (unpaired) electrons. The minimum Gasteiger partial charge on any atom is -0.496 e. The quantitative estimate of drug-likeness (QED) is 0.894. The molecule has 0 aliphatic rings. The third-order valence-electron chi connectivity index (χ3n) is 1.83. The molecule has 2 rings (SSSR count). The highest BCUT2D eigenvalue weighted by Crippen LogP contribution is 2.29. The lowest BCUT2D eigenvalue weighted by molar-refractivity contribution is 0.416. The topological polar surface area (TPSA) is 50.8 Å². The second-order valence-electron chi connectivity index (χ2n) is 2.68. The summed E-state index contributed by atoms with van der Waals surface area (Å²) in [6.07, 6.45) is 1.47. The van der Waals surface area contributed by atoms with Crippen LogP contribution in [0.5, 0.6) is 5.75 Å². The van der Waals surface area contributed by atoms with Gasteiger partial charge in [0.2, 0.25) is 0 Å². The maximum absolute atomic E-state index is 5.22. The third kappa shape index (κ3) is 1.63. The first kappa shape index (κ1) is 9.21. The van der Waals surface area contributed by atoms with E-state index in [0.717, 1.165) is 15.8 Å². The van der Waals surface area contributed by atoms with Gasteiger partial charge in [-0.05, 0) is 18.2 Å². The standard InChI is InChI=1S/C9H8BrN3O/c1-14-8-3-2-6(10)4-7(8)9-11-5-12-13-9/h2-5H,1H3,(H,11,12,13). The minimum absolute atomic E-state index is 0.697. The monoisotopic (exact) mass is 253 g/mol. The number of nitrogens with zero attached hydrogens (tertiary/aromatic N) is 2. The van der Waals surface area contributed by atoms with Gasteiger partial charge in [0.05, 0.1) is 12.7 Å². The van der Waals surface area contributed by atoms with E-state index in [9.17, 15) is 0 Å². The lowest BCUT2D eigenvalue weighted by Crippen LogP contribution is -1.89. The predicted octanol–water partition coefficient (Wildman–Crippen LogP) is 2.24. The largest absolute Gasteiger partial charge is 0.496 e. The fraction of sp³-hybridized carbons (Fsp3) is 0.111. The molecular weight excluding hydrogens is 246 g/mol. The molecule has 0 saturated heterocycles. The molecule has 1 N–H and O–H groups in total. The molecule has 0 atom stereocenters. The molecule has 72 valence electrons. The summed E-state index contributed by atoms with van der Waals surface area (Å²) in [5.41, 5.74) is 0.888. The van der Waals surface area contributed by atoms with Gasteiger partial charge in [0, 0.05) is 4.47 Å². The molecule has 0 spiro atoms. The number of halogens is 1. The van der Waals surface area contributed by atoms with Crippen LogP contribution in [0.2, 0.25) is 0 Å². The zero-order valence-electron chi connectivity index (χ0n) is 7.49. The normalized spacial score (nSPS) is 10.1. The highest BCUT2D eigenvalue weighted by atomic mass is 79.9. The number of methoxy groups -OCH3 is 1. The summed E-state index contributed by atoms with van der Waals surface area (Å²) in [6, 6.07) is 5.72. The number of H-pyrrole nitrogens is 1. The number of hydrogen-bond donors (Lipinski definition) is 1. The van der Waals surface area contributed by atoms with Crippen LogP contribution in [0.25, 0.3) is 11.4 Å². The van der Waals surface area contributed by atoms with Crippen LogP contribution in [0.3, 0.4) is 0 Å². The van der Waals surface area contributed by atoms with Gasteiger partial charge in [-0.15, -0.1) is 0 Å². The van der Waals surface area contributed by atoms with E-state index in [0.29, 0.717) is 5.82 Å². The Balaban J connectivity index is 2.55. The maximum Gasteiger partial charge on any atom is 0.159 e. The molecule has 0 unspecified atom stereocenters. The predicted molar refractivity (Wildman–Crippen MR) is 56.1 cm³/mol. The van der Waals surface area contributed by atoms with Crippen molar-refractivity contribution in [1.82, 2.24) is 15.2 Å². The Morgan fingerprint density at radius 3 is 2.93 bits per heavy atom. The Kier molecular flexibility index (Phi) is 2.49. The fourth-order valence-corrected chi connectivity index (χ4v) is 1.56. The lowest BCUT2D eigenvalue weighted by Gasteiger charge is -2.05. The van der Waals surface area contributed by atoms with Gasteiger partial charge in [-0.1, -0.05) is 15.9 Å². The van der Waals surface area contributed by atoms with Crippen LogP contribution >= 0.6 is 15.9 Å². The Morgan fingerprint density at radius 1 is 1.43 bits per heavy atom. The molecular formula is C9H8BrN3O. The van der Waals surface area contributed by atoms with Crippen molar-refractivity contribution in [3.05, 3.63) is 29.0 Å². The summed E-state index contributed by atoms with van der Waals surface area (Å²) in [5.74, 6) is 1.47. The number of rotatable bonds is 2. The second kappa shape index (κ2) is 3.79. The van der Waals surface area contributed by atoms with Gasteiger partial charge in [-0.3, -0.25) is 5.10 Å². The average molecular weight is 254 g/mol. The molecule has 0 amide bonds. The number of aromatic amines is 1. The van der Waals surface area contributed by atoms with Crippen LogP contribution in [0.4, 0.5) is 0 Å². The van der Waals surface area contributed by atoms with Crippen LogP contribution in [-0.4, -0.2) is 22.3 Å². The molecule has 14 heavy (non-hydrogen) atoms. The zero-order chi connectivity index (χ0) is 9.97. The van der Waals surface area contributed by atoms with Crippen LogP contribution in [0.15, 0.2) is 29.0 Å². The third-order valence-corrected chi connectivity index (χ3v) is 2.32. The lowest BCUT2D eigenvalue weighted by atomic mass is 10.2. The van der Waals surface area contributed by atoms with Gasteiger partial charge in [0.25, 0.3) is 0 Å². The van der Waals surface area contributed by atoms with Crippen LogP contribution < -0.4 is 4.74 Å². The van der Waals surface area contributed by atoms with Crippen molar-refractivity contribution in [3.8, 4) is 17.1 Å². The van der Waals surface area contributed by atoms with E-state index in [-0.39, 0.29) is 0 Å². The van der Waals surface area contributed by atoms with Crippen molar-refractivity contribution in [2.45, 2.75) is 0 Å². The first-order valence-corrected chi connectivity index (χ1v) is 4.80. The van der Waals surface area contributed by atoms with Crippen molar-refractivity contribution < 1.29 is 4.74 Å². The van der Waals surface area contributed by atoms with Gasteiger partial charge in [0.1, 0.15) is 12.1 Å². The van der Waals surface area contributed by atoms with E-state index in [1.165, 1.54) is 6.33 Å². The van der Waals surface area contributed by atoms with Gasteiger partial charge >= 0.3 is 0 Å². The first-order valence-electron chi connectivity index (χ1n) is 4.00. The van der Waals surface area contributed by atoms with Gasteiger partial charge in [-0.25, -0.2) is 4.98 Å². The second-order valence-corrected chi connectivity index (χ2v) is 3.59. The molecule has 4 nitrogen and oxygen atoms in total. The number of aromatic nitrogens is 3. The van der Waals surface area contributed by atoms with E-state index in [1.807, 2.05) is 18.2 Å². The summed E-state index contributed by atoms with van der Waals surface area (Å²) in [5, 5.41) is 6.59. The number of benzene rings is 1. The molecule has 0 aliphatic heterocycles. The Morgan fingerprint density at radius 2 is 2.29 bits per heavy atom. The van der Waals surface area contributed by atoms with E-state index in [2.05, 4.69) is 31.1 Å². The highest BCUT2D eigenvalue weighted by molar-refractivity contribution is 9.10. The first-order chi connectivity index (χ1) is 6.81. The van der Waals surface area contributed by atoms with E-state index >= 15 is 0 Å². The minimum atomic E-state index is 0.697. The molecule has 0 bridgehead atoms. The van der Waals surface area contributed by atoms with Gasteiger partial charge in [-0.2, -0.15) is 5.10 Å². The Bertz CT molecular complexity index is 428. The SMILES string of the molecule is COc1ccc(Br)cc1-c1ncn[nH]1. The van der Waals surface area contributed by atoms with Crippen molar-refractivity contribution >= 4 is 15.9 Å². The van der Waals surface area contributed by atoms with Crippen molar-refractivity contribution in [1.29, 1.82) is 0 Å². The van der Waals surface area contributed by atoms with E-state index in [4.69, 9.17) is 4.74 Å². The molecule has 1 aromatic carbocycles. The summed E-state index contributed by atoms with van der Waals surface area (Å²) >= 11 is 3.39. The summed E-state index contributed by atoms with van der Waals surface area (Å²) in [4.78, 5) is 4.07. The van der Waals surface area contributed by atoms with E-state index in [1.54, 1.807) is 7.11 Å². The summed E-state index contributed by atoms with van der Waals surface area (Å²) < 4.78 is 6.19. The molecule has 5 heteroatoms. The van der Waals surface area contributed by atoms with Gasteiger partial charge in [0.15, 0.2) is 5.82 Å². The Hall–Kier alpha value is -1.36. The molecule has 0 fully saturated rings. The smallest absolute Gasteiger partial charge is 0.159 e.